The third-order valence-electron chi connectivity index (χ3n) is 4.97. The predicted molar refractivity (Wildman–Crippen MR) is 132 cm³/mol. The van der Waals surface area contributed by atoms with Crippen LogP contribution in [0, 0.1) is 11.3 Å². The number of halogens is 1. The first kappa shape index (κ1) is 23.2. The Bertz CT molecular complexity index is 1430. The van der Waals surface area contributed by atoms with Crippen molar-refractivity contribution < 1.29 is 8.42 Å². The molecule has 0 unspecified atom stereocenters. The molecule has 6 nitrogen and oxygen atoms in total. The zero-order valence-corrected chi connectivity index (χ0v) is 20.2. The van der Waals surface area contributed by atoms with Gasteiger partial charge in [0.15, 0.2) is 9.84 Å². The predicted octanol–water partition coefficient (Wildman–Crippen LogP) is 5.33. The molecule has 0 bridgehead atoms. The van der Waals surface area contributed by atoms with E-state index in [1.54, 1.807) is 29.5 Å². The average Bonchev–Trinajstić information content (AvgIpc) is 3.44. The van der Waals surface area contributed by atoms with Gasteiger partial charge in [-0.15, -0.1) is 11.3 Å². The van der Waals surface area contributed by atoms with Gasteiger partial charge < -0.3 is 5.32 Å². The van der Waals surface area contributed by atoms with Crippen molar-refractivity contribution in [3.05, 3.63) is 77.4 Å². The lowest BCUT2D eigenvalue weighted by molar-refractivity contribution is 0.602. The van der Waals surface area contributed by atoms with E-state index in [2.05, 4.69) is 11.4 Å². The minimum Gasteiger partial charge on any atom is -0.310 e. The molecule has 168 valence electrons. The lowest BCUT2D eigenvalue weighted by Gasteiger charge is -2.08. The van der Waals surface area contributed by atoms with E-state index >= 15 is 0 Å². The van der Waals surface area contributed by atoms with Crippen LogP contribution in [0.2, 0.25) is 5.02 Å². The first-order valence-corrected chi connectivity index (χ1v) is 13.3. The van der Waals surface area contributed by atoms with E-state index in [0.29, 0.717) is 29.4 Å². The molecule has 2 heterocycles. The van der Waals surface area contributed by atoms with E-state index in [4.69, 9.17) is 22.0 Å². The fraction of sp³-hybridized carbons (Fsp3) is 0.167. The molecular formula is C24H21ClN4O2S2. The van der Waals surface area contributed by atoms with E-state index in [1.165, 1.54) is 6.26 Å². The first-order valence-electron chi connectivity index (χ1n) is 10.2. The molecule has 0 atom stereocenters. The molecule has 0 saturated heterocycles. The summed E-state index contributed by atoms with van der Waals surface area (Å²) in [4.78, 5) is 2.23. The fourth-order valence-electron chi connectivity index (χ4n) is 3.37. The smallest absolute Gasteiger partial charge is 0.175 e. The quantitative estimate of drug-likeness (QED) is 0.333. The number of hydrogen-bond acceptors (Lipinski definition) is 6. The van der Waals surface area contributed by atoms with E-state index < -0.39 is 9.84 Å². The maximum Gasteiger partial charge on any atom is 0.175 e. The van der Waals surface area contributed by atoms with Crippen molar-refractivity contribution in [2.45, 2.75) is 17.9 Å². The van der Waals surface area contributed by atoms with Crippen molar-refractivity contribution in [3.8, 4) is 32.8 Å². The van der Waals surface area contributed by atoms with E-state index in [-0.39, 0.29) is 0 Å². The standard InChI is InChI=1S/C24H21ClN4O2S2/c1-33(30,31)19-7-4-6-17(14-19)23-10-11-24(32-23)22-15-18(16-27-13-5-12-26)28-29(22)21-9-3-2-8-20(21)25/h2-4,6-11,14-15,27H,5,13,16H2,1H3. The summed E-state index contributed by atoms with van der Waals surface area (Å²) < 4.78 is 25.8. The van der Waals surface area contributed by atoms with Gasteiger partial charge in [-0.3, -0.25) is 0 Å². The van der Waals surface area contributed by atoms with Crippen LogP contribution in [0.25, 0.3) is 26.7 Å². The molecule has 0 radical (unpaired) electrons. The topological polar surface area (TPSA) is 87.8 Å². The number of nitrogens with one attached hydrogen (secondary N) is 1. The van der Waals surface area contributed by atoms with E-state index in [1.807, 2.05) is 53.2 Å². The van der Waals surface area contributed by atoms with Crippen LogP contribution >= 0.6 is 22.9 Å². The molecule has 9 heteroatoms. The highest BCUT2D eigenvalue weighted by Gasteiger charge is 2.17. The number of sulfone groups is 1. The third-order valence-corrected chi connectivity index (χ3v) is 7.55. The van der Waals surface area contributed by atoms with Gasteiger partial charge in [0.2, 0.25) is 0 Å². The number of nitriles is 1. The number of para-hydroxylation sites is 1. The summed E-state index contributed by atoms with van der Waals surface area (Å²) >= 11 is 8.02. The van der Waals surface area contributed by atoms with Crippen LogP contribution in [-0.2, 0) is 16.4 Å². The van der Waals surface area contributed by atoms with Crippen molar-refractivity contribution in [1.82, 2.24) is 15.1 Å². The molecule has 33 heavy (non-hydrogen) atoms. The molecule has 1 N–H and O–H groups in total. The second-order valence-electron chi connectivity index (χ2n) is 7.43. The molecule has 0 aliphatic carbocycles. The Morgan fingerprint density at radius 1 is 1.09 bits per heavy atom. The highest BCUT2D eigenvalue weighted by Crippen LogP contribution is 2.37. The van der Waals surface area contributed by atoms with Gasteiger partial charge in [0.1, 0.15) is 0 Å². The van der Waals surface area contributed by atoms with Gasteiger partial charge in [-0.2, -0.15) is 10.4 Å². The zero-order valence-electron chi connectivity index (χ0n) is 17.8. The summed E-state index contributed by atoms with van der Waals surface area (Å²) in [5.74, 6) is 0. The summed E-state index contributed by atoms with van der Waals surface area (Å²) in [5, 5.41) is 17.3. The number of aromatic nitrogens is 2. The van der Waals surface area contributed by atoms with Crippen molar-refractivity contribution in [3.63, 3.8) is 0 Å². The summed E-state index contributed by atoms with van der Waals surface area (Å²) in [6.07, 6.45) is 1.64. The SMILES string of the molecule is CS(=O)(=O)c1cccc(-c2ccc(-c3cc(CNCCC#N)nn3-c3ccccc3Cl)s2)c1. The normalized spacial score (nSPS) is 11.4. The van der Waals surface area contributed by atoms with Gasteiger partial charge >= 0.3 is 0 Å². The van der Waals surface area contributed by atoms with Gasteiger partial charge in [-0.1, -0.05) is 35.9 Å². The van der Waals surface area contributed by atoms with Gasteiger partial charge in [-0.25, -0.2) is 13.1 Å². The van der Waals surface area contributed by atoms with Crippen molar-refractivity contribution >= 4 is 32.8 Å². The summed E-state index contributed by atoms with van der Waals surface area (Å²) in [6.45, 7) is 1.12. The van der Waals surface area contributed by atoms with Gasteiger partial charge in [0.25, 0.3) is 0 Å². The summed E-state index contributed by atoms with van der Waals surface area (Å²) in [7, 11) is -3.29. The maximum atomic E-state index is 12.0. The van der Waals surface area contributed by atoms with E-state index in [0.717, 1.165) is 32.4 Å². The van der Waals surface area contributed by atoms with Gasteiger partial charge in [-0.05, 0) is 48.0 Å². The summed E-state index contributed by atoms with van der Waals surface area (Å²) in [6, 6.07) is 22.6. The molecule has 0 fully saturated rings. The van der Waals surface area contributed by atoms with Crippen LogP contribution < -0.4 is 5.32 Å². The Morgan fingerprint density at radius 2 is 1.88 bits per heavy atom. The molecule has 4 rings (SSSR count). The van der Waals surface area contributed by atoms with Gasteiger partial charge in [0, 0.05) is 30.6 Å². The number of nitrogens with zero attached hydrogens (tertiary/aromatic N) is 3. The second-order valence-corrected chi connectivity index (χ2v) is 10.9. The van der Waals surface area contributed by atoms with Crippen LogP contribution in [0.1, 0.15) is 12.1 Å². The largest absolute Gasteiger partial charge is 0.310 e. The van der Waals surface area contributed by atoms with E-state index in [9.17, 15) is 8.42 Å². The number of rotatable bonds is 8. The average molecular weight is 497 g/mol. The minimum atomic E-state index is -3.29. The molecule has 2 aromatic heterocycles. The highest BCUT2D eigenvalue weighted by atomic mass is 35.5. The number of hydrogen-bond donors (Lipinski definition) is 1. The maximum absolute atomic E-state index is 12.0. The lowest BCUT2D eigenvalue weighted by atomic mass is 10.2. The van der Waals surface area contributed by atoms with Crippen molar-refractivity contribution in [2.75, 3.05) is 12.8 Å². The molecule has 0 aliphatic rings. The van der Waals surface area contributed by atoms with Crippen LogP contribution in [-0.4, -0.2) is 31.0 Å². The molecular weight excluding hydrogens is 476 g/mol. The molecule has 4 aromatic rings. The number of benzene rings is 2. The Morgan fingerprint density at radius 3 is 2.64 bits per heavy atom. The molecule has 0 amide bonds. The molecule has 0 saturated carbocycles. The Kier molecular flexibility index (Phi) is 6.96. The van der Waals surface area contributed by atoms with Crippen LogP contribution in [0.5, 0.6) is 0 Å². The first-order chi connectivity index (χ1) is 15.9. The Hall–Kier alpha value is -2.96. The second kappa shape index (κ2) is 9.89. The monoisotopic (exact) mass is 496 g/mol. The van der Waals surface area contributed by atoms with Gasteiger partial charge in [0.05, 0.1) is 37.9 Å². The third kappa shape index (κ3) is 5.34. The Labute approximate surface area is 202 Å². The van der Waals surface area contributed by atoms with Crippen LogP contribution in [0.15, 0.2) is 71.6 Å². The lowest BCUT2D eigenvalue weighted by Crippen LogP contribution is -2.14. The molecule has 2 aromatic carbocycles. The highest BCUT2D eigenvalue weighted by molar-refractivity contribution is 7.90. The minimum absolute atomic E-state index is 0.293. The number of thiophene rings is 1. The fourth-order valence-corrected chi connectivity index (χ4v) is 5.26. The van der Waals surface area contributed by atoms with Crippen LogP contribution in [0.4, 0.5) is 0 Å². The summed E-state index contributed by atoms with van der Waals surface area (Å²) in [5.41, 5.74) is 3.33. The molecule has 0 aliphatic heterocycles. The van der Waals surface area contributed by atoms with Crippen molar-refractivity contribution in [1.29, 1.82) is 5.26 Å². The van der Waals surface area contributed by atoms with Crippen molar-refractivity contribution in [2.24, 2.45) is 0 Å². The molecule has 0 spiro atoms. The Balaban J connectivity index is 1.73. The zero-order chi connectivity index (χ0) is 23.4. The van der Waals surface area contributed by atoms with Crippen LogP contribution in [0.3, 0.4) is 0 Å².